The Morgan fingerprint density at radius 1 is 1.32 bits per heavy atom. The van der Waals surface area contributed by atoms with Crippen LogP contribution in [0.5, 0.6) is 0 Å². The number of anilines is 1. The van der Waals surface area contributed by atoms with Crippen LogP contribution in [0.1, 0.15) is 19.3 Å². The number of hydrogen-bond acceptors (Lipinski definition) is 3. The molecule has 0 unspecified atom stereocenters. The third kappa shape index (κ3) is 2.74. The summed E-state index contributed by atoms with van der Waals surface area (Å²) >= 11 is 0. The Bertz CT molecular complexity index is 591. The number of nitrogens with zero attached hydrogens (tertiary/aromatic N) is 1. The Morgan fingerprint density at radius 2 is 2.26 bits per heavy atom. The molecule has 2 heterocycles. The highest BCUT2D eigenvalue weighted by Gasteiger charge is 2.20. The van der Waals surface area contributed by atoms with Gasteiger partial charge < -0.3 is 10.6 Å². The van der Waals surface area contributed by atoms with Crippen molar-refractivity contribution in [3.63, 3.8) is 0 Å². The number of carbonyl (C=O) groups is 1. The van der Waals surface area contributed by atoms with Crippen molar-refractivity contribution in [3.05, 3.63) is 36.5 Å². The Hall–Kier alpha value is -1.94. The molecule has 1 amide bonds. The van der Waals surface area contributed by atoms with E-state index in [0.717, 1.165) is 42.4 Å². The first-order chi connectivity index (χ1) is 9.33. The lowest BCUT2D eigenvalue weighted by atomic mass is 10.0. The zero-order valence-electron chi connectivity index (χ0n) is 10.7. The summed E-state index contributed by atoms with van der Waals surface area (Å²) in [5.41, 5.74) is 1.77. The summed E-state index contributed by atoms with van der Waals surface area (Å²) in [6.45, 7) is 0.930. The molecule has 0 aliphatic carbocycles. The van der Waals surface area contributed by atoms with Gasteiger partial charge in [-0.1, -0.05) is 12.5 Å². The predicted octanol–water partition coefficient (Wildman–Crippen LogP) is 2.32. The van der Waals surface area contributed by atoms with Gasteiger partial charge in [0.2, 0.25) is 5.91 Å². The van der Waals surface area contributed by atoms with Crippen molar-refractivity contribution in [3.8, 4) is 0 Å². The van der Waals surface area contributed by atoms with Gasteiger partial charge in [0.15, 0.2) is 0 Å². The zero-order valence-corrected chi connectivity index (χ0v) is 10.7. The molecule has 0 saturated carbocycles. The maximum Gasteiger partial charge on any atom is 0.241 e. The smallest absolute Gasteiger partial charge is 0.241 e. The summed E-state index contributed by atoms with van der Waals surface area (Å²) in [7, 11) is 0. The molecule has 1 aromatic carbocycles. The molecule has 1 atom stereocenters. The van der Waals surface area contributed by atoms with E-state index in [2.05, 4.69) is 15.6 Å². The molecule has 19 heavy (non-hydrogen) atoms. The number of pyridine rings is 1. The topological polar surface area (TPSA) is 54.0 Å². The Labute approximate surface area is 112 Å². The maximum absolute atomic E-state index is 12.1. The molecule has 1 aliphatic heterocycles. The van der Waals surface area contributed by atoms with E-state index in [-0.39, 0.29) is 11.9 Å². The van der Waals surface area contributed by atoms with E-state index < -0.39 is 0 Å². The van der Waals surface area contributed by atoms with Gasteiger partial charge in [-0.2, -0.15) is 0 Å². The molecular weight excluding hydrogens is 238 g/mol. The van der Waals surface area contributed by atoms with Gasteiger partial charge >= 0.3 is 0 Å². The largest absolute Gasteiger partial charge is 0.325 e. The second-order valence-corrected chi connectivity index (χ2v) is 4.90. The first kappa shape index (κ1) is 12.1. The fourth-order valence-corrected chi connectivity index (χ4v) is 2.46. The number of benzene rings is 1. The highest BCUT2D eigenvalue weighted by molar-refractivity contribution is 5.96. The second-order valence-electron chi connectivity index (χ2n) is 4.90. The number of nitrogens with one attached hydrogen (secondary N) is 2. The maximum atomic E-state index is 12.1. The van der Waals surface area contributed by atoms with Gasteiger partial charge in [0, 0.05) is 17.3 Å². The molecule has 1 aromatic heterocycles. The molecule has 3 rings (SSSR count). The van der Waals surface area contributed by atoms with E-state index in [9.17, 15) is 4.79 Å². The molecule has 1 saturated heterocycles. The highest BCUT2D eigenvalue weighted by atomic mass is 16.2. The van der Waals surface area contributed by atoms with Crippen LogP contribution in [0.15, 0.2) is 36.5 Å². The van der Waals surface area contributed by atoms with E-state index in [1.165, 1.54) is 0 Å². The van der Waals surface area contributed by atoms with Crippen molar-refractivity contribution < 1.29 is 4.79 Å². The number of rotatable bonds is 2. The molecule has 2 aromatic rings. The molecule has 0 bridgehead atoms. The van der Waals surface area contributed by atoms with Gasteiger partial charge in [-0.25, -0.2) is 0 Å². The van der Waals surface area contributed by atoms with Crippen LogP contribution in [0.25, 0.3) is 10.9 Å². The molecule has 1 fully saturated rings. The van der Waals surface area contributed by atoms with Crippen molar-refractivity contribution in [2.45, 2.75) is 25.3 Å². The van der Waals surface area contributed by atoms with Crippen LogP contribution < -0.4 is 10.6 Å². The lowest BCUT2D eigenvalue weighted by molar-refractivity contribution is -0.118. The van der Waals surface area contributed by atoms with E-state index in [4.69, 9.17) is 0 Å². The van der Waals surface area contributed by atoms with Crippen LogP contribution in [0.3, 0.4) is 0 Å². The van der Waals surface area contributed by atoms with Crippen molar-refractivity contribution in [1.82, 2.24) is 10.3 Å². The van der Waals surface area contributed by atoms with Crippen LogP contribution in [0, 0.1) is 0 Å². The predicted molar refractivity (Wildman–Crippen MR) is 76.0 cm³/mol. The van der Waals surface area contributed by atoms with Crippen molar-refractivity contribution >= 4 is 22.5 Å². The molecule has 98 valence electrons. The first-order valence-electron chi connectivity index (χ1n) is 6.72. The Kier molecular flexibility index (Phi) is 3.42. The van der Waals surface area contributed by atoms with Crippen LogP contribution in [0.2, 0.25) is 0 Å². The number of piperidine rings is 1. The third-order valence-electron chi connectivity index (χ3n) is 3.50. The standard InChI is InChI=1S/C15H17N3O/c19-15(14-5-1-2-8-17-14)18-12-6-7-13-11(10-12)4-3-9-16-13/h3-4,6-7,9-10,14,17H,1-2,5,8H2,(H,18,19)/t14-/m1/s1. The molecule has 4 nitrogen and oxygen atoms in total. The van der Waals surface area contributed by atoms with E-state index in [1.807, 2.05) is 30.3 Å². The van der Waals surface area contributed by atoms with Crippen molar-refractivity contribution in [2.75, 3.05) is 11.9 Å². The van der Waals surface area contributed by atoms with E-state index in [1.54, 1.807) is 6.20 Å². The van der Waals surface area contributed by atoms with Gasteiger partial charge in [-0.3, -0.25) is 9.78 Å². The monoisotopic (exact) mass is 255 g/mol. The molecule has 1 aliphatic rings. The molecular formula is C15H17N3O. The normalized spacial score (nSPS) is 19.3. The molecule has 4 heteroatoms. The summed E-state index contributed by atoms with van der Waals surface area (Å²) < 4.78 is 0. The van der Waals surface area contributed by atoms with Crippen LogP contribution in [-0.2, 0) is 4.79 Å². The average molecular weight is 255 g/mol. The van der Waals surface area contributed by atoms with Crippen LogP contribution in [0.4, 0.5) is 5.69 Å². The summed E-state index contributed by atoms with van der Waals surface area (Å²) in [4.78, 5) is 16.4. The van der Waals surface area contributed by atoms with Crippen molar-refractivity contribution in [2.24, 2.45) is 0 Å². The van der Waals surface area contributed by atoms with Gasteiger partial charge in [0.05, 0.1) is 11.6 Å². The van der Waals surface area contributed by atoms with Crippen molar-refractivity contribution in [1.29, 1.82) is 0 Å². The Balaban J connectivity index is 1.75. The molecule has 0 radical (unpaired) electrons. The average Bonchev–Trinajstić information content (AvgIpc) is 2.48. The number of hydrogen-bond donors (Lipinski definition) is 2. The van der Waals surface area contributed by atoms with E-state index >= 15 is 0 Å². The molecule has 0 spiro atoms. The Morgan fingerprint density at radius 3 is 3.11 bits per heavy atom. The lowest BCUT2D eigenvalue weighted by Gasteiger charge is -2.22. The first-order valence-corrected chi connectivity index (χ1v) is 6.72. The summed E-state index contributed by atoms with van der Waals surface area (Å²) in [5, 5.41) is 7.27. The van der Waals surface area contributed by atoms with Gasteiger partial charge in [-0.15, -0.1) is 0 Å². The number of aromatic nitrogens is 1. The van der Waals surface area contributed by atoms with Crippen LogP contribution >= 0.6 is 0 Å². The summed E-state index contributed by atoms with van der Waals surface area (Å²) in [6.07, 6.45) is 4.96. The number of carbonyl (C=O) groups excluding carboxylic acids is 1. The third-order valence-corrected chi connectivity index (χ3v) is 3.50. The quantitative estimate of drug-likeness (QED) is 0.866. The minimum absolute atomic E-state index is 0.0571. The summed E-state index contributed by atoms with van der Waals surface area (Å²) in [5.74, 6) is 0.0583. The van der Waals surface area contributed by atoms with Gasteiger partial charge in [0.25, 0.3) is 0 Å². The SMILES string of the molecule is O=C(Nc1ccc2ncccc2c1)[C@H]1CCCCN1. The number of amides is 1. The van der Waals surface area contributed by atoms with Crippen LogP contribution in [-0.4, -0.2) is 23.5 Å². The fraction of sp³-hybridized carbons (Fsp3) is 0.333. The van der Waals surface area contributed by atoms with Gasteiger partial charge in [0.1, 0.15) is 0 Å². The fourth-order valence-electron chi connectivity index (χ4n) is 2.46. The number of fused-ring (bicyclic) bond motifs is 1. The minimum Gasteiger partial charge on any atom is -0.325 e. The summed E-state index contributed by atoms with van der Waals surface area (Å²) in [6, 6.07) is 9.63. The van der Waals surface area contributed by atoms with E-state index in [0.29, 0.717) is 0 Å². The van der Waals surface area contributed by atoms with Gasteiger partial charge in [-0.05, 0) is 43.7 Å². The second kappa shape index (κ2) is 5.36. The highest BCUT2D eigenvalue weighted by Crippen LogP contribution is 2.18. The molecule has 2 N–H and O–H groups in total. The minimum atomic E-state index is -0.0571. The lowest BCUT2D eigenvalue weighted by Crippen LogP contribution is -2.43. The zero-order chi connectivity index (χ0) is 13.1.